The second-order valence-corrected chi connectivity index (χ2v) is 4.43. The normalized spacial score (nSPS) is 10.2. The Morgan fingerprint density at radius 1 is 0.950 bits per heavy atom. The molecule has 5 heteroatoms. The number of hydrogen-bond donors (Lipinski definition) is 5. The SMILES string of the molecule is Nc1cccc(O)c1CNc1ccc(NCCO)cc1. The van der Waals surface area contributed by atoms with Crippen molar-refractivity contribution in [2.75, 3.05) is 29.5 Å². The van der Waals surface area contributed by atoms with Crippen LogP contribution in [0.3, 0.4) is 0 Å². The third-order valence-electron chi connectivity index (χ3n) is 2.98. The Hall–Kier alpha value is -2.40. The van der Waals surface area contributed by atoms with Gasteiger partial charge < -0.3 is 26.6 Å². The molecule has 2 aromatic rings. The molecule has 0 atom stereocenters. The summed E-state index contributed by atoms with van der Waals surface area (Å²) in [5, 5.41) is 24.8. The lowest BCUT2D eigenvalue weighted by molar-refractivity contribution is 0.311. The molecule has 0 amide bonds. The largest absolute Gasteiger partial charge is 0.508 e. The molecule has 0 radical (unpaired) electrons. The van der Waals surface area contributed by atoms with Crippen LogP contribution in [-0.2, 0) is 6.54 Å². The zero-order chi connectivity index (χ0) is 14.4. The van der Waals surface area contributed by atoms with Gasteiger partial charge in [0.1, 0.15) is 5.75 Å². The summed E-state index contributed by atoms with van der Waals surface area (Å²) in [6.07, 6.45) is 0. The third-order valence-corrected chi connectivity index (χ3v) is 2.98. The van der Waals surface area contributed by atoms with Gasteiger partial charge in [0.2, 0.25) is 0 Å². The van der Waals surface area contributed by atoms with Crippen molar-refractivity contribution in [1.29, 1.82) is 0 Å². The molecule has 0 aliphatic heterocycles. The van der Waals surface area contributed by atoms with E-state index < -0.39 is 0 Å². The first-order chi connectivity index (χ1) is 9.70. The van der Waals surface area contributed by atoms with E-state index in [9.17, 15) is 5.11 Å². The van der Waals surface area contributed by atoms with Crippen molar-refractivity contribution in [3.8, 4) is 5.75 Å². The van der Waals surface area contributed by atoms with E-state index in [0.717, 1.165) is 11.4 Å². The van der Waals surface area contributed by atoms with Crippen LogP contribution in [0.1, 0.15) is 5.56 Å². The molecule has 0 bridgehead atoms. The maximum absolute atomic E-state index is 9.76. The molecule has 0 unspecified atom stereocenters. The van der Waals surface area contributed by atoms with Crippen LogP contribution in [0.4, 0.5) is 17.1 Å². The number of benzene rings is 2. The number of aromatic hydroxyl groups is 1. The van der Waals surface area contributed by atoms with Gasteiger partial charge in [0.25, 0.3) is 0 Å². The van der Waals surface area contributed by atoms with E-state index in [1.54, 1.807) is 18.2 Å². The number of nitrogen functional groups attached to an aromatic ring is 1. The van der Waals surface area contributed by atoms with Crippen molar-refractivity contribution in [3.63, 3.8) is 0 Å². The highest BCUT2D eigenvalue weighted by Gasteiger charge is 2.04. The minimum atomic E-state index is 0.104. The fourth-order valence-corrected chi connectivity index (χ4v) is 1.88. The second-order valence-electron chi connectivity index (χ2n) is 4.43. The highest BCUT2D eigenvalue weighted by molar-refractivity contribution is 5.57. The minimum Gasteiger partial charge on any atom is -0.508 e. The van der Waals surface area contributed by atoms with Crippen molar-refractivity contribution in [3.05, 3.63) is 48.0 Å². The van der Waals surface area contributed by atoms with Crippen LogP contribution in [0.15, 0.2) is 42.5 Å². The van der Waals surface area contributed by atoms with Gasteiger partial charge in [-0.2, -0.15) is 0 Å². The third kappa shape index (κ3) is 3.55. The fourth-order valence-electron chi connectivity index (χ4n) is 1.88. The zero-order valence-corrected chi connectivity index (χ0v) is 11.1. The van der Waals surface area contributed by atoms with Gasteiger partial charge >= 0.3 is 0 Å². The molecule has 0 saturated carbocycles. The summed E-state index contributed by atoms with van der Waals surface area (Å²) < 4.78 is 0. The Balaban J connectivity index is 1.97. The lowest BCUT2D eigenvalue weighted by atomic mass is 10.1. The molecule has 0 heterocycles. The summed E-state index contributed by atoms with van der Waals surface area (Å²) in [5.74, 6) is 0.193. The molecule has 20 heavy (non-hydrogen) atoms. The predicted octanol–water partition coefficient (Wildman–Crippen LogP) is 1.99. The number of nitrogens with two attached hydrogens (primary N) is 1. The molecule has 0 aliphatic carbocycles. The topological polar surface area (TPSA) is 90.5 Å². The molecule has 0 aromatic heterocycles. The molecule has 0 saturated heterocycles. The minimum absolute atomic E-state index is 0.104. The number of hydrogen-bond acceptors (Lipinski definition) is 5. The number of nitrogens with one attached hydrogen (secondary N) is 2. The smallest absolute Gasteiger partial charge is 0.122 e. The summed E-state index contributed by atoms with van der Waals surface area (Å²) in [5.41, 5.74) is 8.97. The Labute approximate surface area is 118 Å². The van der Waals surface area contributed by atoms with Crippen molar-refractivity contribution >= 4 is 17.1 Å². The number of rotatable bonds is 6. The van der Waals surface area contributed by atoms with Gasteiger partial charge in [-0.05, 0) is 36.4 Å². The standard InChI is InChI=1S/C15H19N3O2/c16-14-2-1-3-15(20)13(14)10-18-12-6-4-11(5-7-12)17-8-9-19/h1-7,17-20H,8-10,16H2. The fraction of sp³-hybridized carbons (Fsp3) is 0.200. The van der Waals surface area contributed by atoms with E-state index in [2.05, 4.69) is 10.6 Å². The Morgan fingerprint density at radius 2 is 1.60 bits per heavy atom. The maximum Gasteiger partial charge on any atom is 0.122 e. The Morgan fingerprint density at radius 3 is 2.20 bits per heavy atom. The second kappa shape index (κ2) is 6.68. The molecule has 106 valence electrons. The zero-order valence-electron chi connectivity index (χ0n) is 11.1. The quantitative estimate of drug-likeness (QED) is 0.519. The summed E-state index contributed by atoms with van der Waals surface area (Å²) >= 11 is 0. The van der Waals surface area contributed by atoms with Crippen LogP contribution >= 0.6 is 0 Å². The molecule has 5 nitrogen and oxygen atoms in total. The van der Waals surface area contributed by atoms with Crippen molar-refractivity contribution in [1.82, 2.24) is 0 Å². The van der Waals surface area contributed by atoms with Gasteiger partial charge in [0.05, 0.1) is 6.61 Å². The first-order valence-corrected chi connectivity index (χ1v) is 6.45. The van der Waals surface area contributed by atoms with Crippen molar-refractivity contribution in [2.45, 2.75) is 6.54 Å². The van der Waals surface area contributed by atoms with Gasteiger partial charge in [0, 0.05) is 35.7 Å². The van der Waals surface area contributed by atoms with Crippen LogP contribution in [0.2, 0.25) is 0 Å². The summed E-state index contributed by atoms with van der Waals surface area (Å²) in [6, 6.07) is 12.8. The monoisotopic (exact) mass is 273 g/mol. The van der Waals surface area contributed by atoms with E-state index in [0.29, 0.717) is 24.3 Å². The van der Waals surface area contributed by atoms with Crippen LogP contribution in [0.25, 0.3) is 0 Å². The lowest BCUT2D eigenvalue weighted by Gasteiger charge is -2.11. The summed E-state index contributed by atoms with van der Waals surface area (Å²) in [6.45, 7) is 1.09. The Kier molecular flexibility index (Phi) is 4.68. The molecular formula is C15H19N3O2. The Bertz CT molecular complexity index is 535. The lowest BCUT2D eigenvalue weighted by Crippen LogP contribution is -2.06. The summed E-state index contributed by atoms with van der Waals surface area (Å²) in [7, 11) is 0. The van der Waals surface area contributed by atoms with Gasteiger partial charge in [-0.1, -0.05) is 6.07 Å². The number of aliphatic hydroxyl groups is 1. The number of aliphatic hydroxyl groups excluding tert-OH is 1. The number of phenols is 1. The number of anilines is 3. The van der Waals surface area contributed by atoms with E-state index >= 15 is 0 Å². The molecule has 6 N–H and O–H groups in total. The first-order valence-electron chi connectivity index (χ1n) is 6.45. The molecule has 2 rings (SSSR count). The van der Waals surface area contributed by atoms with Crippen molar-refractivity contribution in [2.24, 2.45) is 0 Å². The van der Waals surface area contributed by atoms with Gasteiger partial charge in [-0.25, -0.2) is 0 Å². The van der Waals surface area contributed by atoms with Crippen LogP contribution in [0.5, 0.6) is 5.75 Å². The van der Waals surface area contributed by atoms with E-state index in [-0.39, 0.29) is 12.4 Å². The van der Waals surface area contributed by atoms with E-state index in [1.807, 2.05) is 24.3 Å². The van der Waals surface area contributed by atoms with Gasteiger partial charge in [-0.15, -0.1) is 0 Å². The highest BCUT2D eigenvalue weighted by atomic mass is 16.3. The predicted molar refractivity (Wildman–Crippen MR) is 81.9 cm³/mol. The van der Waals surface area contributed by atoms with E-state index in [4.69, 9.17) is 10.8 Å². The number of phenolic OH excluding ortho intramolecular Hbond substituents is 1. The summed E-state index contributed by atoms with van der Waals surface area (Å²) in [4.78, 5) is 0. The molecule has 0 fully saturated rings. The average molecular weight is 273 g/mol. The highest BCUT2D eigenvalue weighted by Crippen LogP contribution is 2.24. The van der Waals surface area contributed by atoms with Crippen LogP contribution < -0.4 is 16.4 Å². The average Bonchev–Trinajstić information content (AvgIpc) is 2.46. The molecule has 0 spiro atoms. The van der Waals surface area contributed by atoms with E-state index in [1.165, 1.54) is 0 Å². The van der Waals surface area contributed by atoms with Crippen molar-refractivity contribution < 1.29 is 10.2 Å². The van der Waals surface area contributed by atoms with Crippen LogP contribution in [0, 0.1) is 0 Å². The van der Waals surface area contributed by atoms with Gasteiger partial charge in [0.15, 0.2) is 0 Å². The molecule has 0 aliphatic rings. The van der Waals surface area contributed by atoms with Crippen LogP contribution in [-0.4, -0.2) is 23.4 Å². The maximum atomic E-state index is 9.76. The van der Waals surface area contributed by atoms with Gasteiger partial charge in [-0.3, -0.25) is 0 Å². The molecule has 2 aromatic carbocycles. The molecular weight excluding hydrogens is 254 g/mol. The first kappa shape index (κ1) is 14.0.